The van der Waals surface area contributed by atoms with Crippen LogP contribution in [-0.2, 0) is 11.8 Å². The Morgan fingerprint density at radius 2 is 1.91 bits per heavy atom. The average Bonchev–Trinajstić information content (AvgIpc) is 2.90. The number of amides is 2. The number of methoxy groups -OCH3 is 1. The van der Waals surface area contributed by atoms with Gasteiger partial charge in [-0.25, -0.2) is 0 Å². The van der Waals surface area contributed by atoms with Crippen LogP contribution in [0.2, 0.25) is 0 Å². The smallest absolute Gasteiger partial charge is 0.270 e. The van der Waals surface area contributed by atoms with E-state index in [4.69, 9.17) is 4.74 Å². The van der Waals surface area contributed by atoms with Crippen LogP contribution < -0.4 is 4.74 Å². The molecule has 0 N–H and O–H groups in total. The molecule has 1 fully saturated rings. The zero-order valence-corrected chi connectivity index (χ0v) is 12.8. The molecule has 0 unspecified atom stereocenters. The molecule has 0 radical (unpaired) electrons. The molecule has 6 nitrogen and oxygen atoms in total. The summed E-state index contributed by atoms with van der Waals surface area (Å²) in [6.07, 6.45) is 0.838. The van der Waals surface area contributed by atoms with Gasteiger partial charge in [0.15, 0.2) is 0 Å². The van der Waals surface area contributed by atoms with Crippen LogP contribution in [0.3, 0.4) is 0 Å². The van der Waals surface area contributed by atoms with Gasteiger partial charge in [0.1, 0.15) is 11.4 Å². The molecule has 22 heavy (non-hydrogen) atoms. The van der Waals surface area contributed by atoms with E-state index in [2.05, 4.69) is 0 Å². The molecule has 0 bridgehead atoms. The van der Waals surface area contributed by atoms with Gasteiger partial charge in [0.25, 0.3) is 5.91 Å². The lowest BCUT2D eigenvalue weighted by Crippen LogP contribution is -2.48. The van der Waals surface area contributed by atoms with Gasteiger partial charge in [-0.2, -0.15) is 0 Å². The number of aromatic nitrogens is 1. The summed E-state index contributed by atoms with van der Waals surface area (Å²) >= 11 is 0. The molecule has 2 heterocycles. The Morgan fingerprint density at radius 3 is 2.55 bits per heavy atom. The molecule has 0 saturated carbocycles. The number of fused-ring (bicyclic) bond motifs is 1. The van der Waals surface area contributed by atoms with Crippen molar-refractivity contribution in [3.05, 3.63) is 30.0 Å². The maximum atomic E-state index is 12.7. The van der Waals surface area contributed by atoms with Crippen LogP contribution >= 0.6 is 0 Å². The largest absolute Gasteiger partial charge is 0.497 e. The Balaban J connectivity index is 1.88. The van der Waals surface area contributed by atoms with Gasteiger partial charge in [-0.1, -0.05) is 0 Å². The first kappa shape index (κ1) is 14.4. The summed E-state index contributed by atoms with van der Waals surface area (Å²) in [6, 6.07) is 7.66. The topological polar surface area (TPSA) is 54.8 Å². The Morgan fingerprint density at radius 1 is 1.18 bits per heavy atom. The van der Waals surface area contributed by atoms with Gasteiger partial charge in [-0.05, 0) is 24.3 Å². The minimum absolute atomic E-state index is 0.00298. The normalized spacial score (nSPS) is 15.2. The Bertz CT molecular complexity index is 715. The highest BCUT2D eigenvalue weighted by atomic mass is 16.5. The summed E-state index contributed by atoms with van der Waals surface area (Å²) in [7, 11) is 3.52. The summed E-state index contributed by atoms with van der Waals surface area (Å²) in [5.74, 6) is 0.778. The molecule has 116 valence electrons. The standard InChI is InChI=1S/C16H19N3O3/c1-17-14-4-3-13(22-2)9-12(14)10-15(17)16(21)19-7-5-18(11-20)6-8-19/h3-4,9-11H,5-8H2,1-2H3. The van der Waals surface area contributed by atoms with E-state index in [1.54, 1.807) is 16.9 Å². The van der Waals surface area contributed by atoms with Gasteiger partial charge in [0.2, 0.25) is 6.41 Å². The molecule has 2 amide bonds. The maximum Gasteiger partial charge on any atom is 0.270 e. The van der Waals surface area contributed by atoms with Gasteiger partial charge < -0.3 is 19.1 Å². The summed E-state index contributed by atoms with van der Waals surface area (Å²) in [6.45, 7) is 2.32. The van der Waals surface area contributed by atoms with Gasteiger partial charge in [0.05, 0.1) is 7.11 Å². The number of benzene rings is 1. The van der Waals surface area contributed by atoms with Crippen LogP contribution in [0.4, 0.5) is 0 Å². The van der Waals surface area contributed by atoms with Gasteiger partial charge in [0, 0.05) is 44.1 Å². The molecular weight excluding hydrogens is 282 g/mol. The number of nitrogens with zero attached hydrogens (tertiary/aromatic N) is 3. The second-order valence-electron chi connectivity index (χ2n) is 5.45. The molecule has 1 saturated heterocycles. The van der Waals surface area contributed by atoms with Crippen molar-refractivity contribution in [2.75, 3.05) is 33.3 Å². The lowest BCUT2D eigenvalue weighted by atomic mass is 10.2. The highest BCUT2D eigenvalue weighted by Crippen LogP contribution is 2.24. The Hall–Kier alpha value is -2.50. The number of ether oxygens (including phenoxy) is 1. The SMILES string of the molecule is COc1ccc2c(c1)cc(C(=O)N1CCN(C=O)CC1)n2C. The van der Waals surface area contributed by atoms with E-state index in [1.807, 2.05) is 35.9 Å². The summed E-state index contributed by atoms with van der Waals surface area (Å²) < 4.78 is 7.14. The van der Waals surface area contributed by atoms with E-state index in [9.17, 15) is 9.59 Å². The second kappa shape index (κ2) is 5.71. The molecule has 0 spiro atoms. The summed E-state index contributed by atoms with van der Waals surface area (Å²) in [5.41, 5.74) is 1.65. The van der Waals surface area contributed by atoms with Crippen molar-refractivity contribution in [2.45, 2.75) is 0 Å². The quantitative estimate of drug-likeness (QED) is 0.798. The molecule has 1 aliphatic rings. The minimum atomic E-state index is 0.00298. The van der Waals surface area contributed by atoms with Crippen molar-refractivity contribution < 1.29 is 14.3 Å². The lowest BCUT2D eigenvalue weighted by molar-refractivity contribution is -0.119. The number of hydrogen-bond acceptors (Lipinski definition) is 3. The average molecular weight is 301 g/mol. The fourth-order valence-electron chi connectivity index (χ4n) is 2.85. The van der Waals surface area contributed by atoms with Crippen molar-refractivity contribution in [3.63, 3.8) is 0 Å². The van der Waals surface area contributed by atoms with Crippen LogP contribution in [0.25, 0.3) is 10.9 Å². The van der Waals surface area contributed by atoms with Crippen molar-refractivity contribution in [1.82, 2.24) is 14.4 Å². The second-order valence-corrected chi connectivity index (χ2v) is 5.45. The third-order valence-electron chi connectivity index (χ3n) is 4.22. The van der Waals surface area contributed by atoms with Crippen LogP contribution in [0.15, 0.2) is 24.3 Å². The molecule has 1 aliphatic heterocycles. The number of carbonyl (C=O) groups excluding carboxylic acids is 2. The van der Waals surface area contributed by atoms with Crippen molar-refractivity contribution >= 4 is 23.2 Å². The van der Waals surface area contributed by atoms with Gasteiger partial charge in [-0.3, -0.25) is 9.59 Å². The predicted molar refractivity (Wildman–Crippen MR) is 83.0 cm³/mol. The van der Waals surface area contributed by atoms with E-state index in [0.717, 1.165) is 23.1 Å². The highest BCUT2D eigenvalue weighted by Gasteiger charge is 2.24. The van der Waals surface area contributed by atoms with Crippen LogP contribution in [-0.4, -0.2) is 60.0 Å². The summed E-state index contributed by atoms with van der Waals surface area (Å²) in [5, 5.41) is 0.983. The first-order valence-corrected chi connectivity index (χ1v) is 7.26. The third-order valence-corrected chi connectivity index (χ3v) is 4.22. The third kappa shape index (κ3) is 2.41. The first-order valence-electron chi connectivity index (χ1n) is 7.26. The molecule has 3 rings (SSSR count). The zero-order chi connectivity index (χ0) is 15.7. The van der Waals surface area contributed by atoms with Crippen molar-refractivity contribution in [3.8, 4) is 5.75 Å². The van der Waals surface area contributed by atoms with Crippen LogP contribution in [0.5, 0.6) is 5.75 Å². The fourth-order valence-corrected chi connectivity index (χ4v) is 2.85. The lowest BCUT2D eigenvalue weighted by Gasteiger charge is -2.32. The monoisotopic (exact) mass is 301 g/mol. The zero-order valence-electron chi connectivity index (χ0n) is 12.8. The summed E-state index contributed by atoms with van der Waals surface area (Å²) in [4.78, 5) is 26.9. The molecule has 1 aromatic heterocycles. The molecular formula is C16H19N3O3. The number of hydrogen-bond donors (Lipinski definition) is 0. The van der Waals surface area contributed by atoms with Crippen LogP contribution in [0.1, 0.15) is 10.5 Å². The fraction of sp³-hybridized carbons (Fsp3) is 0.375. The Labute approximate surface area is 128 Å². The van der Waals surface area contributed by atoms with Gasteiger partial charge in [-0.15, -0.1) is 0 Å². The number of aryl methyl sites for hydroxylation is 1. The molecule has 0 aliphatic carbocycles. The highest BCUT2D eigenvalue weighted by molar-refractivity contribution is 5.99. The molecule has 2 aromatic rings. The van der Waals surface area contributed by atoms with Crippen molar-refractivity contribution in [2.24, 2.45) is 7.05 Å². The minimum Gasteiger partial charge on any atom is -0.497 e. The van der Waals surface area contributed by atoms with Crippen LogP contribution in [0, 0.1) is 0 Å². The number of piperazine rings is 1. The maximum absolute atomic E-state index is 12.7. The molecule has 0 atom stereocenters. The first-order chi connectivity index (χ1) is 10.6. The Kier molecular flexibility index (Phi) is 3.75. The predicted octanol–water partition coefficient (Wildman–Crippen LogP) is 1.10. The molecule has 6 heteroatoms. The van der Waals surface area contributed by atoms with E-state index < -0.39 is 0 Å². The van der Waals surface area contributed by atoms with E-state index in [1.165, 1.54) is 0 Å². The van der Waals surface area contributed by atoms with E-state index in [-0.39, 0.29) is 5.91 Å². The van der Waals surface area contributed by atoms with Gasteiger partial charge >= 0.3 is 0 Å². The van der Waals surface area contributed by atoms with E-state index >= 15 is 0 Å². The van der Waals surface area contributed by atoms with E-state index in [0.29, 0.717) is 31.9 Å². The molecule has 1 aromatic carbocycles. The van der Waals surface area contributed by atoms with Crippen molar-refractivity contribution in [1.29, 1.82) is 0 Å². The number of rotatable bonds is 3. The number of carbonyl (C=O) groups is 2.